The third-order valence-electron chi connectivity index (χ3n) is 10.5. The van der Waals surface area contributed by atoms with E-state index in [0.717, 1.165) is 64.2 Å². The SMILES string of the molecule is CCCC(NC(=O)[C@H](CC(C)C)NC(=O)[C@@H](NC(=O)OCC(C)C)C1CCCCC1)C(=O)C(=O)NCC(=O)NC(C(=O)NC1CCCCC1)c1ccc(OCC)cc1. The van der Waals surface area contributed by atoms with E-state index in [1.165, 1.54) is 0 Å². The van der Waals surface area contributed by atoms with E-state index < -0.39 is 66.2 Å². The van der Waals surface area contributed by atoms with Crippen molar-refractivity contribution in [2.24, 2.45) is 17.8 Å². The molecule has 2 fully saturated rings. The highest BCUT2D eigenvalue weighted by Gasteiger charge is 2.36. The highest BCUT2D eigenvalue weighted by Crippen LogP contribution is 2.27. The summed E-state index contributed by atoms with van der Waals surface area (Å²) in [5.74, 6) is -3.73. The molecule has 1 aromatic rings. The van der Waals surface area contributed by atoms with Crippen LogP contribution in [0.1, 0.15) is 137 Å². The van der Waals surface area contributed by atoms with Crippen LogP contribution in [0.25, 0.3) is 0 Å². The first-order valence-corrected chi connectivity index (χ1v) is 21.4. The van der Waals surface area contributed by atoms with Crippen LogP contribution in [0.15, 0.2) is 24.3 Å². The number of ether oxygens (including phenoxy) is 2. The summed E-state index contributed by atoms with van der Waals surface area (Å²) in [6, 6.07) is 2.53. The highest BCUT2D eigenvalue weighted by molar-refractivity contribution is 6.38. The summed E-state index contributed by atoms with van der Waals surface area (Å²) in [7, 11) is 0. The van der Waals surface area contributed by atoms with Crippen LogP contribution < -0.4 is 36.6 Å². The van der Waals surface area contributed by atoms with Crippen molar-refractivity contribution < 1.29 is 43.0 Å². The molecule has 15 heteroatoms. The van der Waals surface area contributed by atoms with Crippen molar-refractivity contribution in [3.63, 3.8) is 0 Å². The first kappa shape index (κ1) is 47.7. The zero-order chi connectivity index (χ0) is 42.6. The third kappa shape index (κ3) is 16.3. The number of hydrogen-bond donors (Lipinski definition) is 6. The normalized spacial score (nSPS) is 16.9. The van der Waals surface area contributed by atoms with Gasteiger partial charge in [-0.1, -0.05) is 91.7 Å². The maximum absolute atomic E-state index is 13.8. The number of Topliss-reactive ketones (excluding diaryl/α,β-unsaturated/α-hetero) is 1. The fraction of sp³-hybridized carbons (Fsp3) is 0.698. The largest absolute Gasteiger partial charge is 0.494 e. The molecule has 2 aliphatic rings. The fourth-order valence-electron chi connectivity index (χ4n) is 7.44. The minimum atomic E-state index is -1.23. The molecule has 0 radical (unpaired) electrons. The number of carbonyl (C=O) groups is 7. The maximum Gasteiger partial charge on any atom is 0.407 e. The lowest BCUT2D eigenvalue weighted by Gasteiger charge is -2.31. The summed E-state index contributed by atoms with van der Waals surface area (Å²) in [6.07, 6.45) is 9.25. The molecule has 0 bridgehead atoms. The van der Waals surface area contributed by atoms with Crippen LogP contribution in [0, 0.1) is 17.8 Å². The molecule has 0 aromatic heterocycles. The minimum Gasteiger partial charge on any atom is -0.494 e. The average Bonchev–Trinajstić information content (AvgIpc) is 3.20. The topological polar surface area (TPSA) is 210 Å². The van der Waals surface area contributed by atoms with Gasteiger partial charge in [-0.05, 0) is 80.9 Å². The van der Waals surface area contributed by atoms with E-state index in [2.05, 4.69) is 31.9 Å². The van der Waals surface area contributed by atoms with Gasteiger partial charge in [0.2, 0.25) is 29.4 Å². The Morgan fingerprint density at radius 1 is 0.707 bits per heavy atom. The van der Waals surface area contributed by atoms with E-state index in [9.17, 15) is 33.6 Å². The molecule has 324 valence electrons. The maximum atomic E-state index is 13.8. The molecule has 3 rings (SSSR count). The summed E-state index contributed by atoms with van der Waals surface area (Å²) in [6.45, 7) is 11.3. The Balaban J connectivity index is 1.67. The second-order valence-corrected chi connectivity index (χ2v) is 16.4. The molecular weight excluding hydrogens is 745 g/mol. The standard InChI is InChI=1S/C43H68N6O9/c1-7-15-33(46-39(52)34(24-27(3)4)47-41(54)37(29-16-11-9-12-17-29)49-43(56)58-26-28(5)6)38(51)42(55)44-25-35(50)48-36(30-20-22-32(23-21-30)57-8-2)40(53)45-31-18-13-10-14-19-31/h20-23,27-29,31,33-34,36-37H,7-19,24-26H2,1-6H3,(H,44,55)(H,45,53)(H,46,52)(H,47,54)(H,48,50)(H,49,56)/t33?,34-,36?,37-/m0/s1. The Morgan fingerprint density at radius 3 is 1.91 bits per heavy atom. The Morgan fingerprint density at radius 2 is 1.33 bits per heavy atom. The molecule has 58 heavy (non-hydrogen) atoms. The molecular formula is C43H68N6O9. The van der Waals surface area contributed by atoms with Gasteiger partial charge in [0.15, 0.2) is 0 Å². The van der Waals surface area contributed by atoms with Gasteiger partial charge in [-0.3, -0.25) is 28.8 Å². The van der Waals surface area contributed by atoms with Crippen LogP contribution in [0.3, 0.4) is 0 Å². The van der Waals surface area contributed by atoms with Gasteiger partial charge in [-0.25, -0.2) is 4.79 Å². The zero-order valence-electron chi connectivity index (χ0n) is 35.4. The quantitative estimate of drug-likeness (QED) is 0.0908. The minimum absolute atomic E-state index is 0.00631. The summed E-state index contributed by atoms with van der Waals surface area (Å²) in [5, 5.41) is 16.3. The second-order valence-electron chi connectivity index (χ2n) is 16.4. The van der Waals surface area contributed by atoms with Crippen LogP contribution >= 0.6 is 0 Å². The number of carbonyl (C=O) groups excluding carboxylic acids is 7. The molecule has 6 N–H and O–H groups in total. The molecule has 6 amide bonds. The van der Waals surface area contributed by atoms with Crippen molar-refractivity contribution in [1.82, 2.24) is 31.9 Å². The van der Waals surface area contributed by atoms with Crippen molar-refractivity contribution in [2.45, 2.75) is 155 Å². The smallest absolute Gasteiger partial charge is 0.407 e. The van der Waals surface area contributed by atoms with Gasteiger partial charge in [0.05, 0.1) is 25.8 Å². The van der Waals surface area contributed by atoms with Crippen LogP contribution in [0.4, 0.5) is 4.79 Å². The van der Waals surface area contributed by atoms with Crippen LogP contribution in [0.2, 0.25) is 0 Å². The highest BCUT2D eigenvalue weighted by atomic mass is 16.5. The lowest BCUT2D eigenvalue weighted by Crippen LogP contribution is -2.58. The lowest BCUT2D eigenvalue weighted by molar-refractivity contribution is -0.141. The first-order chi connectivity index (χ1) is 27.7. The molecule has 0 heterocycles. The second kappa shape index (κ2) is 24.9. The Labute approximate surface area is 344 Å². The number of rotatable bonds is 22. The van der Waals surface area contributed by atoms with Crippen molar-refractivity contribution in [3.8, 4) is 5.75 Å². The number of nitrogens with one attached hydrogen (secondary N) is 6. The monoisotopic (exact) mass is 813 g/mol. The van der Waals surface area contributed by atoms with Gasteiger partial charge in [0.25, 0.3) is 5.91 Å². The van der Waals surface area contributed by atoms with E-state index in [1.807, 2.05) is 34.6 Å². The molecule has 2 saturated carbocycles. The van der Waals surface area contributed by atoms with E-state index in [1.54, 1.807) is 31.2 Å². The van der Waals surface area contributed by atoms with Crippen LogP contribution in [-0.4, -0.2) is 85.3 Å². The third-order valence-corrected chi connectivity index (χ3v) is 10.5. The van der Waals surface area contributed by atoms with Gasteiger partial charge in [0, 0.05) is 6.04 Å². The van der Waals surface area contributed by atoms with Crippen molar-refractivity contribution in [2.75, 3.05) is 19.8 Å². The Bertz CT molecular complexity index is 1510. The lowest BCUT2D eigenvalue weighted by atomic mass is 9.83. The summed E-state index contributed by atoms with van der Waals surface area (Å²) in [5.41, 5.74) is 0.521. The molecule has 15 nitrogen and oxygen atoms in total. The molecule has 0 saturated heterocycles. The van der Waals surface area contributed by atoms with Gasteiger partial charge in [0.1, 0.15) is 23.9 Å². The molecule has 0 spiro atoms. The fourth-order valence-corrected chi connectivity index (χ4v) is 7.44. The number of amides is 6. The molecule has 1 aromatic carbocycles. The number of benzene rings is 1. The predicted octanol–water partition coefficient (Wildman–Crippen LogP) is 4.52. The van der Waals surface area contributed by atoms with Crippen LogP contribution in [0.5, 0.6) is 5.75 Å². The van der Waals surface area contributed by atoms with Crippen LogP contribution in [-0.2, 0) is 33.5 Å². The molecule has 4 atom stereocenters. The van der Waals surface area contributed by atoms with E-state index in [4.69, 9.17) is 9.47 Å². The summed E-state index contributed by atoms with van der Waals surface area (Å²) >= 11 is 0. The Kier molecular flexibility index (Phi) is 20.5. The average molecular weight is 813 g/mol. The van der Waals surface area contributed by atoms with Gasteiger partial charge in [-0.15, -0.1) is 0 Å². The van der Waals surface area contributed by atoms with Crippen molar-refractivity contribution >= 4 is 41.4 Å². The number of alkyl carbamates (subject to hydrolysis) is 1. The molecule has 2 aliphatic carbocycles. The van der Waals surface area contributed by atoms with Gasteiger partial charge in [-0.2, -0.15) is 0 Å². The predicted molar refractivity (Wildman–Crippen MR) is 219 cm³/mol. The molecule has 2 unspecified atom stereocenters. The molecule has 0 aliphatic heterocycles. The summed E-state index contributed by atoms with van der Waals surface area (Å²) < 4.78 is 10.8. The van der Waals surface area contributed by atoms with E-state index in [-0.39, 0.29) is 49.2 Å². The van der Waals surface area contributed by atoms with E-state index in [0.29, 0.717) is 24.3 Å². The van der Waals surface area contributed by atoms with Gasteiger partial charge >= 0.3 is 6.09 Å². The number of ketones is 1. The number of hydrogen-bond acceptors (Lipinski definition) is 9. The van der Waals surface area contributed by atoms with Gasteiger partial charge < -0.3 is 41.4 Å². The van der Waals surface area contributed by atoms with E-state index >= 15 is 0 Å². The zero-order valence-corrected chi connectivity index (χ0v) is 35.4. The first-order valence-electron chi connectivity index (χ1n) is 21.4. The Hall–Kier alpha value is -4.69. The van der Waals surface area contributed by atoms with Crippen molar-refractivity contribution in [3.05, 3.63) is 29.8 Å². The van der Waals surface area contributed by atoms with Crippen molar-refractivity contribution in [1.29, 1.82) is 0 Å². The summed E-state index contributed by atoms with van der Waals surface area (Å²) in [4.78, 5) is 93.6.